The molecule has 0 aromatic heterocycles. The van der Waals surface area contributed by atoms with Gasteiger partial charge >= 0.3 is 5.97 Å². The number of hydrogen-bond acceptors (Lipinski definition) is 6. The Labute approximate surface area is 158 Å². The summed E-state index contributed by atoms with van der Waals surface area (Å²) in [6.07, 6.45) is 1.68. The first kappa shape index (κ1) is 18.0. The van der Waals surface area contributed by atoms with Crippen LogP contribution in [0.25, 0.3) is 6.08 Å². The highest BCUT2D eigenvalue weighted by Gasteiger charge is 2.24. The van der Waals surface area contributed by atoms with Crippen LogP contribution in [0.5, 0.6) is 5.75 Å². The molecule has 0 saturated carbocycles. The van der Waals surface area contributed by atoms with Crippen molar-refractivity contribution in [3.05, 3.63) is 63.5 Å². The number of ether oxygens (including phenoxy) is 1. The van der Waals surface area contributed by atoms with E-state index in [0.717, 1.165) is 17.3 Å². The van der Waals surface area contributed by atoms with E-state index in [1.807, 2.05) is 12.1 Å². The van der Waals surface area contributed by atoms with Crippen molar-refractivity contribution in [2.24, 2.45) is 4.99 Å². The van der Waals surface area contributed by atoms with E-state index in [0.29, 0.717) is 20.8 Å². The van der Waals surface area contributed by atoms with Gasteiger partial charge < -0.3 is 15.2 Å². The lowest BCUT2D eigenvalue weighted by Gasteiger charge is -2.03. The van der Waals surface area contributed by atoms with E-state index >= 15 is 0 Å². The molecule has 0 bridgehead atoms. The Morgan fingerprint density at radius 2 is 2.08 bits per heavy atom. The second kappa shape index (κ2) is 7.63. The largest absolute Gasteiger partial charge is 0.507 e. The highest BCUT2D eigenvalue weighted by Crippen LogP contribution is 2.31. The second-order valence-corrected chi connectivity index (χ2v) is 6.63. The average Bonchev–Trinajstić information content (AvgIpc) is 2.97. The molecule has 2 aromatic carbocycles. The molecule has 0 spiro atoms. The van der Waals surface area contributed by atoms with E-state index in [1.165, 1.54) is 25.3 Å². The number of nitrogens with one attached hydrogen (secondary N) is 1. The van der Waals surface area contributed by atoms with E-state index in [4.69, 9.17) is 11.6 Å². The number of phenolic OH excluding ortho intramolecular Hbond substituents is 1. The van der Waals surface area contributed by atoms with Crippen LogP contribution in [0.3, 0.4) is 0 Å². The summed E-state index contributed by atoms with van der Waals surface area (Å²) >= 11 is 7.26. The SMILES string of the molecule is COC(=O)c1cc(N=C2NC(=O)/C(=C/c3ccccc3Cl)S2)ccc1O. The zero-order chi connectivity index (χ0) is 18.7. The molecule has 1 aliphatic heterocycles. The second-order valence-electron chi connectivity index (χ2n) is 5.20. The molecule has 2 N–H and O–H groups in total. The first-order valence-corrected chi connectivity index (χ1v) is 8.63. The van der Waals surface area contributed by atoms with Crippen molar-refractivity contribution >= 4 is 52.2 Å². The van der Waals surface area contributed by atoms with Crippen molar-refractivity contribution < 1.29 is 19.4 Å². The van der Waals surface area contributed by atoms with Gasteiger partial charge in [0.25, 0.3) is 5.91 Å². The quantitative estimate of drug-likeness (QED) is 0.618. The number of amides is 1. The number of thioether (sulfide) groups is 1. The molecular weight excluding hydrogens is 376 g/mol. The molecule has 1 saturated heterocycles. The number of carbonyl (C=O) groups excluding carboxylic acids is 2. The Morgan fingerprint density at radius 3 is 2.81 bits per heavy atom. The number of benzene rings is 2. The number of rotatable bonds is 3. The number of methoxy groups -OCH3 is 1. The molecule has 2 aromatic rings. The topological polar surface area (TPSA) is 88.0 Å². The fourth-order valence-electron chi connectivity index (χ4n) is 2.20. The van der Waals surface area contributed by atoms with E-state index in [9.17, 15) is 14.7 Å². The van der Waals surface area contributed by atoms with E-state index in [1.54, 1.807) is 18.2 Å². The molecule has 6 nitrogen and oxygen atoms in total. The molecule has 26 heavy (non-hydrogen) atoms. The third-order valence-corrected chi connectivity index (χ3v) is 4.71. The Kier molecular flexibility index (Phi) is 5.29. The lowest BCUT2D eigenvalue weighted by Crippen LogP contribution is -2.19. The fourth-order valence-corrected chi connectivity index (χ4v) is 3.22. The molecular formula is C18H13ClN2O4S. The first-order valence-electron chi connectivity index (χ1n) is 7.43. The lowest BCUT2D eigenvalue weighted by molar-refractivity contribution is -0.115. The van der Waals surface area contributed by atoms with Crippen LogP contribution in [0.1, 0.15) is 15.9 Å². The van der Waals surface area contributed by atoms with Gasteiger partial charge in [-0.25, -0.2) is 9.79 Å². The van der Waals surface area contributed by atoms with E-state index < -0.39 is 5.97 Å². The van der Waals surface area contributed by atoms with Crippen molar-refractivity contribution in [1.82, 2.24) is 5.32 Å². The number of phenols is 1. The Bertz CT molecular complexity index is 956. The number of aliphatic imine (C=N–C) groups is 1. The monoisotopic (exact) mass is 388 g/mol. The fraction of sp³-hybridized carbons (Fsp3) is 0.0556. The number of nitrogens with zero attached hydrogens (tertiary/aromatic N) is 1. The van der Waals surface area contributed by atoms with Gasteiger partial charge in [-0.15, -0.1) is 0 Å². The van der Waals surface area contributed by atoms with Gasteiger partial charge in [-0.2, -0.15) is 0 Å². The molecule has 1 aliphatic rings. The van der Waals surface area contributed by atoms with Crippen LogP contribution in [0.15, 0.2) is 52.4 Å². The van der Waals surface area contributed by atoms with E-state index in [-0.39, 0.29) is 17.2 Å². The lowest BCUT2D eigenvalue weighted by atomic mass is 10.2. The molecule has 0 unspecified atom stereocenters. The van der Waals surface area contributed by atoms with E-state index in [2.05, 4.69) is 15.0 Å². The minimum atomic E-state index is -0.674. The summed E-state index contributed by atoms with van der Waals surface area (Å²) in [6, 6.07) is 11.4. The molecule has 0 aliphatic carbocycles. The number of carbonyl (C=O) groups is 2. The molecule has 8 heteroatoms. The maximum Gasteiger partial charge on any atom is 0.341 e. The summed E-state index contributed by atoms with van der Waals surface area (Å²) in [5.41, 5.74) is 1.12. The molecule has 1 amide bonds. The highest BCUT2D eigenvalue weighted by atomic mass is 35.5. The van der Waals surface area contributed by atoms with Gasteiger partial charge in [0.2, 0.25) is 0 Å². The summed E-state index contributed by atoms with van der Waals surface area (Å²) in [5, 5.41) is 13.3. The van der Waals surface area contributed by atoms with Crippen molar-refractivity contribution in [3.63, 3.8) is 0 Å². The zero-order valence-corrected chi connectivity index (χ0v) is 15.1. The highest BCUT2D eigenvalue weighted by molar-refractivity contribution is 8.18. The summed E-state index contributed by atoms with van der Waals surface area (Å²) < 4.78 is 4.61. The minimum Gasteiger partial charge on any atom is -0.507 e. The smallest absolute Gasteiger partial charge is 0.341 e. The van der Waals surface area contributed by atoms with Gasteiger partial charge in [0.15, 0.2) is 5.17 Å². The third kappa shape index (κ3) is 3.89. The summed E-state index contributed by atoms with van der Waals surface area (Å²) in [5.74, 6) is -1.17. The molecule has 132 valence electrons. The van der Waals surface area contributed by atoms with Crippen molar-refractivity contribution in [2.75, 3.05) is 7.11 Å². The number of aromatic hydroxyl groups is 1. The van der Waals surface area contributed by atoms with Crippen LogP contribution in [-0.2, 0) is 9.53 Å². The van der Waals surface area contributed by atoms with Crippen molar-refractivity contribution in [1.29, 1.82) is 0 Å². The van der Waals surface area contributed by atoms with Crippen LogP contribution in [0, 0.1) is 0 Å². The van der Waals surface area contributed by atoms with Crippen LogP contribution < -0.4 is 5.32 Å². The Balaban J connectivity index is 1.87. The van der Waals surface area contributed by atoms with Gasteiger partial charge in [-0.1, -0.05) is 29.8 Å². The van der Waals surface area contributed by atoms with Gasteiger partial charge in [-0.3, -0.25) is 4.79 Å². The predicted molar refractivity (Wildman–Crippen MR) is 102 cm³/mol. The van der Waals surface area contributed by atoms with Crippen LogP contribution in [-0.4, -0.2) is 29.3 Å². The molecule has 0 radical (unpaired) electrons. The zero-order valence-electron chi connectivity index (χ0n) is 13.5. The number of hydrogen-bond donors (Lipinski definition) is 2. The number of halogens is 1. The Hall–Kier alpha value is -2.77. The standard InChI is InChI=1S/C18H13ClN2O4S/c1-25-17(24)12-9-11(6-7-14(12)22)20-18-21-16(23)15(26-18)8-10-4-2-3-5-13(10)19/h2-9,22H,1H3,(H,20,21,23)/b15-8-. The van der Waals surface area contributed by atoms with Gasteiger partial charge in [-0.05, 0) is 47.7 Å². The predicted octanol–water partition coefficient (Wildman–Crippen LogP) is 3.72. The Morgan fingerprint density at radius 1 is 1.31 bits per heavy atom. The van der Waals surface area contributed by atoms with Crippen LogP contribution >= 0.6 is 23.4 Å². The minimum absolute atomic E-state index is 0.00416. The normalized spacial score (nSPS) is 16.8. The van der Waals surface area contributed by atoms with Gasteiger partial charge in [0.05, 0.1) is 17.7 Å². The number of esters is 1. The van der Waals surface area contributed by atoms with Gasteiger partial charge in [0.1, 0.15) is 11.3 Å². The molecule has 0 atom stereocenters. The molecule has 1 fully saturated rings. The molecule has 1 heterocycles. The van der Waals surface area contributed by atoms with Crippen molar-refractivity contribution in [3.8, 4) is 5.75 Å². The van der Waals surface area contributed by atoms with Crippen LogP contribution in [0.4, 0.5) is 5.69 Å². The summed E-state index contributed by atoms with van der Waals surface area (Å²) in [4.78, 5) is 28.5. The summed E-state index contributed by atoms with van der Waals surface area (Å²) in [6.45, 7) is 0. The number of amidine groups is 1. The van der Waals surface area contributed by atoms with Crippen LogP contribution in [0.2, 0.25) is 5.02 Å². The average molecular weight is 389 g/mol. The summed E-state index contributed by atoms with van der Waals surface area (Å²) in [7, 11) is 1.22. The third-order valence-electron chi connectivity index (χ3n) is 3.46. The maximum atomic E-state index is 12.1. The first-order chi connectivity index (χ1) is 12.5. The molecule has 3 rings (SSSR count). The van der Waals surface area contributed by atoms with Crippen molar-refractivity contribution in [2.45, 2.75) is 0 Å². The van der Waals surface area contributed by atoms with Gasteiger partial charge in [0, 0.05) is 5.02 Å². The maximum absolute atomic E-state index is 12.1.